The van der Waals surface area contributed by atoms with E-state index in [-0.39, 0.29) is 18.0 Å². The van der Waals surface area contributed by atoms with E-state index in [0.29, 0.717) is 6.54 Å². The van der Waals surface area contributed by atoms with Crippen LogP contribution in [0.2, 0.25) is 0 Å². The second-order valence-corrected chi connectivity index (χ2v) is 5.45. The summed E-state index contributed by atoms with van der Waals surface area (Å²) in [7, 11) is 0. The van der Waals surface area contributed by atoms with Gasteiger partial charge in [0.05, 0.1) is 6.54 Å². The molecule has 1 amide bonds. The number of benzene rings is 1. The Balaban J connectivity index is 2.41. The van der Waals surface area contributed by atoms with Gasteiger partial charge in [-0.1, -0.05) is 35.0 Å². The molecule has 4 heteroatoms. The standard InChI is InChI=1S/C14H21BrN2O/c1-4-10(2)17-14(18)9-16-11(3)12-6-5-7-13(15)8-12/h5-8,10-11,16H,4,9H2,1-3H3,(H,17,18)/t10?,11-/m1/s1. The third-order valence-corrected chi connectivity index (χ3v) is 3.43. The van der Waals surface area contributed by atoms with Gasteiger partial charge in [0.1, 0.15) is 0 Å². The van der Waals surface area contributed by atoms with Crippen LogP contribution in [-0.2, 0) is 4.79 Å². The van der Waals surface area contributed by atoms with Crippen molar-refractivity contribution in [3.8, 4) is 0 Å². The fourth-order valence-electron chi connectivity index (χ4n) is 1.57. The molecule has 0 aromatic heterocycles. The molecule has 0 bridgehead atoms. The number of amides is 1. The highest BCUT2D eigenvalue weighted by atomic mass is 79.9. The van der Waals surface area contributed by atoms with Gasteiger partial charge >= 0.3 is 0 Å². The molecule has 2 atom stereocenters. The predicted molar refractivity (Wildman–Crippen MR) is 78.5 cm³/mol. The highest BCUT2D eigenvalue weighted by Crippen LogP contribution is 2.17. The lowest BCUT2D eigenvalue weighted by molar-refractivity contribution is -0.120. The Morgan fingerprint density at radius 1 is 1.39 bits per heavy atom. The van der Waals surface area contributed by atoms with Gasteiger partial charge in [-0.3, -0.25) is 4.79 Å². The molecule has 18 heavy (non-hydrogen) atoms. The molecule has 0 heterocycles. The minimum absolute atomic E-state index is 0.0474. The van der Waals surface area contributed by atoms with Crippen LogP contribution in [0.25, 0.3) is 0 Å². The Morgan fingerprint density at radius 2 is 2.11 bits per heavy atom. The Kier molecular flexibility index (Phi) is 6.36. The van der Waals surface area contributed by atoms with E-state index in [4.69, 9.17) is 0 Å². The molecule has 0 aliphatic carbocycles. The van der Waals surface area contributed by atoms with Crippen LogP contribution >= 0.6 is 15.9 Å². The van der Waals surface area contributed by atoms with Crippen molar-refractivity contribution >= 4 is 21.8 Å². The average Bonchev–Trinajstić information content (AvgIpc) is 2.35. The minimum atomic E-state index is 0.0474. The molecular weight excluding hydrogens is 292 g/mol. The molecular formula is C14H21BrN2O. The predicted octanol–water partition coefficient (Wildman–Crippen LogP) is 3.01. The second kappa shape index (κ2) is 7.54. The molecule has 0 fully saturated rings. The van der Waals surface area contributed by atoms with E-state index in [2.05, 4.69) is 52.5 Å². The quantitative estimate of drug-likeness (QED) is 0.847. The Morgan fingerprint density at radius 3 is 2.72 bits per heavy atom. The molecule has 1 unspecified atom stereocenters. The largest absolute Gasteiger partial charge is 0.353 e. The van der Waals surface area contributed by atoms with Crippen LogP contribution in [0.1, 0.15) is 38.8 Å². The monoisotopic (exact) mass is 312 g/mol. The topological polar surface area (TPSA) is 41.1 Å². The van der Waals surface area contributed by atoms with E-state index in [1.807, 2.05) is 19.1 Å². The van der Waals surface area contributed by atoms with E-state index in [9.17, 15) is 4.79 Å². The Bertz CT molecular complexity index is 395. The lowest BCUT2D eigenvalue weighted by Crippen LogP contribution is -2.39. The van der Waals surface area contributed by atoms with Crippen LogP contribution in [0.3, 0.4) is 0 Å². The molecule has 3 nitrogen and oxygen atoms in total. The number of nitrogens with one attached hydrogen (secondary N) is 2. The summed E-state index contributed by atoms with van der Waals surface area (Å²) in [4.78, 5) is 11.6. The summed E-state index contributed by atoms with van der Waals surface area (Å²) in [5, 5.41) is 6.16. The number of carbonyl (C=O) groups excluding carboxylic acids is 1. The van der Waals surface area contributed by atoms with Crippen molar-refractivity contribution in [2.45, 2.75) is 39.3 Å². The van der Waals surface area contributed by atoms with Crippen LogP contribution in [0.15, 0.2) is 28.7 Å². The van der Waals surface area contributed by atoms with Gasteiger partial charge in [0.15, 0.2) is 0 Å². The Hall–Kier alpha value is -0.870. The molecule has 2 N–H and O–H groups in total. The third kappa shape index (κ3) is 5.19. The van der Waals surface area contributed by atoms with E-state index in [0.717, 1.165) is 10.9 Å². The summed E-state index contributed by atoms with van der Waals surface area (Å²) >= 11 is 3.45. The van der Waals surface area contributed by atoms with Gasteiger partial charge in [-0.15, -0.1) is 0 Å². The van der Waals surface area contributed by atoms with Crippen LogP contribution in [0.4, 0.5) is 0 Å². The number of halogens is 1. The second-order valence-electron chi connectivity index (χ2n) is 4.53. The number of carbonyl (C=O) groups is 1. The average molecular weight is 313 g/mol. The van der Waals surface area contributed by atoms with Crippen molar-refractivity contribution in [3.05, 3.63) is 34.3 Å². The Labute approximate surface area is 117 Å². The van der Waals surface area contributed by atoms with E-state index in [1.165, 1.54) is 5.56 Å². The van der Waals surface area contributed by atoms with Gasteiger partial charge in [0.25, 0.3) is 0 Å². The number of hydrogen-bond donors (Lipinski definition) is 2. The fourth-order valence-corrected chi connectivity index (χ4v) is 1.98. The zero-order valence-corrected chi connectivity index (χ0v) is 12.8. The van der Waals surface area contributed by atoms with Crippen molar-refractivity contribution in [2.75, 3.05) is 6.54 Å². The maximum atomic E-state index is 11.6. The first-order valence-corrected chi connectivity index (χ1v) is 7.10. The summed E-state index contributed by atoms with van der Waals surface area (Å²) in [6.07, 6.45) is 0.951. The SMILES string of the molecule is CCC(C)NC(=O)CN[C@H](C)c1cccc(Br)c1. The first-order valence-electron chi connectivity index (χ1n) is 6.31. The molecule has 1 aromatic carbocycles. The van der Waals surface area contributed by atoms with Gasteiger partial charge in [0, 0.05) is 16.6 Å². The van der Waals surface area contributed by atoms with Gasteiger partial charge in [-0.2, -0.15) is 0 Å². The van der Waals surface area contributed by atoms with Gasteiger partial charge in [0.2, 0.25) is 5.91 Å². The molecule has 100 valence electrons. The van der Waals surface area contributed by atoms with Crippen LogP contribution in [-0.4, -0.2) is 18.5 Å². The maximum Gasteiger partial charge on any atom is 0.234 e. The van der Waals surface area contributed by atoms with Gasteiger partial charge in [-0.25, -0.2) is 0 Å². The lowest BCUT2D eigenvalue weighted by Gasteiger charge is -2.16. The zero-order chi connectivity index (χ0) is 13.5. The maximum absolute atomic E-state index is 11.6. The normalized spacial score (nSPS) is 14.0. The van der Waals surface area contributed by atoms with Gasteiger partial charge < -0.3 is 10.6 Å². The van der Waals surface area contributed by atoms with Crippen molar-refractivity contribution in [2.24, 2.45) is 0 Å². The third-order valence-electron chi connectivity index (χ3n) is 2.94. The smallest absolute Gasteiger partial charge is 0.234 e. The van der Waals surface area contributed by atoms with Crippen molar-refractivity contribution in [1.82, 2.24) is 10.6 Å². The fraction of sp³-hybridized carbons (Fsp3) is 0.500. The van der Waals surface area contributed by atoms with E-state index < -0.39 is 0 Å². The van der Waals surface area contributed by atoms with Crippen molar-refractivity contribution < 1.29 is 4.79 Å². The molecule has 0 saturated carbocycles. The van der Waals surface area contributed by atoms with Crippen LogP contribution in [0.5, 0.6) is 0 Å². The molecule has 0 spiro atoms. The summed E-state index contributed by atoms with van der Waals surface area (Å²) in [6.45, 7) is 6.47. The summed E-state index contributed by atoms with van der Waals surface area (Å²) < 4.78 is 1.05. The summed E-state index contributed by atoms with van der Waals surface area (Å²) in [5.74, 6) is 0.0474. The highest BCUT2D eigenvalue weighted by Gasteiger charge is 2.09. The van der Waals surface area contributed by atoms with Crippen LogP contribution < -0.4 is 10.6 Å². The summed E-state index contributed by atoms with van der Waals surface area (Å²) in [5.41, 5.74) is 1.17. The number of hydrogen-bond acceptors (Lipinski definition) is 2. The first kappa shape index (κ1) is 15.2. The molecule has 0 aliphatic heterocycles. The molecule has 1 rings (SSSR count). The van der Waals surface area contributed by atoms with Crippen molar-refractivity contribution in [3.63, 3.8) is 0 Å². The highest BCUT2D eigenvalue weighted by molar-refractivity contribution is 9.10. The lowest BCUT2D eigenvalue weighted by atomic mass is 10.1. The van der Waals surface area contributed by atoms with Crippen LogP contribution in [0, 0.1) is 0 Å². The van der Waals surface area contributed by atoms with E-state index >= 15 is 0 Å². The minimum Gasteiger partial charge on any atom is -0.353 e. The molecule has 0 radical (unpaired) electrons. The summed E-state index contributed by atoms with van der Waals surface area (Å²) in [6, 6.07) is 8.49. The number of rotatable bonds is 6. The molecule has 0 saturated heterocycles. The van der Waals surface area contributed by atoms with Crippen molar-refractivity contribution in [1.29, 1.82) is 0 Å². The molecule has 0 aliphatic rings. The first-order chi connectivity index (χ1) is 8.52. The molecule has 1 aromatic rings. The van der Waals surface area contributed by atoms with E-state index in [1.54, 1.807) is 0 Å². The zero-order valence-electron chi connectivity index (χ0n) is 11.2. The van der Waals surface area contributed by atoms with Gasteiger partial charge in [-0.05, 0) is 38.0 Å².